The predicted octanol–water partition coefficient (Wildman–Crippen LogP) is 5.41. The third kappa shape index (κ3) is 6.00. The van der Waals surface area contributed by atoms with Crippen molar-refractivity contribution in [3.63, 3.8) is 0 Å². The minimum atomic E-state index is -0.792. The van der Waals surface area contributed by atoms with Gasteiger partial charge in [0.15, 0.2) is 11.5 Å². The lowest BCUT2D eigenvalue weighted by Crippen LogP contribution is -2.13. The number of nitriles is 1. The summed E-state index contributed by atoms with van der Waals surface area (Å²) in [5.74, 6) is -0.573. The van der Waals surface area contributed by atoms with Gasteiger partial charge < -0.3 is 14.8 Å². The molecule has 0 aliphatic carbocycles. The van der Waals surface area contributed by atoms with Crippen LogP contribution in [0.15, 0.2) is 66.2 Å². The van der Waals surface area contributed by atoms with Crippen molar-refractivity contribution in [2.45, 2.75) is 13.3 Å². The summed E-state index contributed by atoms with van der Waals surface area (Å²) in [6.45, 7) is 2.02. The Morgan fingerprint density at radius 3 is 2.28 bits per heavy atom. The highest BCUT2D eigenvalue weighted by molar-refractivity contribution is 6.09. The van der Waals surface area contributed by atoms with Crippen LogP contribution in [-0.4, -0.2) is 22.9 Å². The van der Waals surface area contributed by atoms with Crippen molar-refractivity contribution in [1.29, 1.82) is 5.26 Å². The molecule has 0 saturated carbocycles. The van der Waals surface area contributed by atoms with Gasteiger partial charge in [0.2, 0.25) is 5.75 Å². The molecule has 0 fully saturated rings. The predicted molar refractivity (Wildman–Crippen MR) is 131 cm³/mol. The molecule has 0 heterocycles. The number of aryl methyl sites for hydroxylation is 1. The van der Waals surface area contributed by atoms with E-state index in [0.29, 0.717) is 11.3 Å². The van der Waals surface area contributed by atoms with Crippen molar-refractivity contribution in [2.24, 2.45) is 0 Å². The van der Waals surface area contributed by atoms with Gasteiger partial charge in [0.25, 0.3) is 11.6 Å². The van der Waals surface area contributed by atoms with E-state index in [1.807, 2.05) is 25.1 Å². The molecule has 11 heteroatoms. The van der Waals surface area contributed by atoms with Crippen LogP contribution in [0.5, 0.6) is 17.2 Å². The second-order valence-electron chi connectivity index (χ2n) is 7.35. The van der Waals surface area contributed by atoms with E-state index in [1.165, 1.54) is 31.4 Å². The molecule has 3 aromatic carbocycles. The Bertz CT molecular complexity index is 1390. The Hall–Kier alpha value is -5.24. The summed E-state index contributed by atoms with van der Waals surface area (Å²) in [5, 5.41) is 34.5. The Labute approximate surface area is 205 Å². The smallest absolute Gasteiger partial charge is 0.318 e. The second-order valence-corrected chi connectivity index (χ2v) is 7.35. The fourth-order valence-corrected chi connectivity index (χ4v) is 3.16. The maximum absolute atomic E-state index is 12.6. The summed E-state index contributed by atoms with van der Waals surface area (Å²) < 4.78 is 10.9. The summed E-state index contributed by atoms with van der Waals surface area (Å²) in [6.07, 6.45) is 2.22. The highest BCUT2D eigenvalue weighted by atomic mass is 16.6. The minimum Gasteiger partial charge on any atom is -0.493 e. The number of amides is 1. The number of carbonyl (C=O) groups excluding carboxylic acids is 1. The molecule has 182 valence electrons. The summed E-state index contributed by atoms with van der Waals surface area (Å²) >= 11 is 0. The number of carbonyl (C=O) groups is 1. The van der Waals surface area contributed by atoms with Gasteiger partial charge >= 0.3 is 5.69 Å². The molecule has 0 unspecified atom stereocenters. The van der Waals surface area contributed by atoms with Crippen molar-refractivity contribution >= 4 is 29.0 Å². The third-order valence-corrected chi connectivity index (χ3v) is 5.05. The van der Waals surface area contributed by atoms with E-state index in [9.17, 15) is 30.3 Å². The average molecular weight is 488 g/mol. The number of methoxy groups -OCH3 is 1. The van der Waals surface area contributed by atoms with Gasteiger partial charge in [-0.05, 0) is 54.0 Å². The number of non-ortho nitro benzene ring substituents is 1. The molecular weight excluding hydrogens is 468 g/mol. The summed E-state index contributed by atoms with van der Waals surface area (Å²) in [4.78, 5) is 33.3. The van der Waals surface area contributed by atoms with Gasteiger partial charge in [-0.1, -0.05) is 25.1 Å². The molecular formula is C25H20N4O7. The Morgan fingerprint density at radius 1 is 1.00 bits per heavy atom. The molecule has 0 aliphatic heterocycles. The largest absolute Gasteiger partial charge is 0.493 e. The lowest BCUT2D eigenvalue weighted by Gasteiger charge is -2.11. The van der Waals surface area contributed by atoms with Crippen LogP contribution >= 0.6 is 0 Å². The molecule has 3 aromatic rings. The van der Waals surface area contributed by atoms with Gasteiger partial charge in [-0.15, -0.1) is 0 Å². The molecule has 3 rings (SSSR count). The Morgan fingerprint density at radius 2 is 1.69 bits per heavy atom. The Kier molecular flexibility index (Phi) is 7.94. The molecule has 0 aliphatic rings. The number of ether oxygens (including phenoxy) is 2. The highest BCUT2D eigenvalue weighted by Gasteiger charge is 2.22. The number of nitrogens with zero attached hydrogens (tertiary/aromatic N) is 3. The monoisotopic (exact) mass is 488 g/mol. The second kappa shape index (κ2) is 11.3. The molecule has 1 N–H and O–H groups in total. The number of nitro groups is 2. The van der Waals surface area contributed by atoms with Crippen LogP contribution in [0.2, 0.25) is 0 Å². The van der Waals surface area contributed by atoms with Gasteiger partial charge in [0, 0.05) is 11.8 Å². The standard InChI is InChI=1S/C25H20N4O7/c1-3-16-4-7-19(8-5-16)27-25(30)18(15-26)12-17-6-10-23(24(13-17)35-2)36-22-11-9-20(28(31)32)14-21(22)29(33)34/h4-14H,3H2,1-2H3,(H,27,30)/b18-12-. The molecule has 0 aromatic heterocycles. The topological polar surface area (TPSA) is 158 Å². The number of rotatable bonds is 9. The summed E-state index contributed by atoms with van der Waals surface area (Å²) in [7, 11) is 1.35. The quantitative estimate of drug-likeness (QED) is 0.181. The number of hydrogen-bond acceptors (Lipinski definition) is 8. The van der Waals surface area contributed by atoms with E-state index in [1.54, 1.807) is 12.1 Å². The zero-order valence-electron chi connectivity index (χ0n) is 19.3. The number of nitro benzene ring substituents is 2. The van der Waals surface area contributed by atoms with Crippen molar-refractivity contribution in [2.75, 3.05) is 12.4 Å². The van der Waals surface area contributed by atoms with E-state index in [0.717, 1.165) is 30.2 Å². The first-order valence-corrected chi connectivity index (χ1v) is 10.6. The van der Waals surface area contributed by atoms with Crippen LogP contribution in [0.4, 0.5) is 17.1 Å². The SMILES string of the molecule is CCc1ccc(NC(=O)/C(C#N)=C\c2ccc(Oc3ccc([N+](=O)[O-])cc3[N+](=O)[O-])c(OC)c2)cc1. The van der Waals surface area contributed by atoms with Crippen LogP contribution < -0.4 is 14.8 Å². The molecule has 0 radical (unpaired) electrons. The first-order valence-electron chi connectivity index (χ1n) is 10.6. The minimum absolute atomic E-state index is 0.0885. The van der Waals surface area contributed by atoms with E-state index in [2.05, 4.69) is 5.32 Å². The van der Waals surface area contributed by atoms with Crippen LogP contribution in [0.3, 0.4) is 0 Å². The average Bonchev–Trinajstić information content (AvgIpc) is 2.88. The van der Waals surface area contributed by atoms with Crippen molar-refractivity contribution < 1.29 is 24.1 Å². The third-order valence-electron chi connectivity index (χ3n) is 5.05. The highest BCUT2D eigenvalue weighted by Crippen LogP contribution is 2.38. The van der Waals surface area contributed by atoms with E-state index >= 15 is 0 Å². The molecule has 11 nitrogen and oxygen atoms in total. The van der Waals surface area contributed by atoms with E-state index in [4.69, 9.17) is 9.47 Å². The summed E-state index contributed by atoms with van der Waals surface area (Å²) in [5.41, 5.74) is 0.888. The van der Waals surface area contributed by atoms with E-state index in [-0.39, 0.29) is 22.8 Å². The van der Waals surface area contributed by atoms with Gasteiger partial charge in [-0.25, -0.2) is 0 Å². The maximum atomic E-state index is 12.6. The maximum Gasteiger partial charge on any atom is 0.318 e. The van der Waals surface area contributed by atoms with Gasteiger partial charge in [0.1, 0.15) is 11.6 Å². The van der Waals surface area contributed by atoms with Crippen LogP contribution in [0.1, 0.15) is 18.1 Å². The van der Waals surface area contributed by atoms with Crippen LogP contribution in [0.25, 0.3) is 6.08 Å². The zero-order chi connectivity index (χ0) is 26.2. The lowest BCUT2D eigenvalue weighted by molar-refractivity contribution is -0.394. The van der Waals surface area contributed by atoms with Crippen molar-refractivity contribution in [3.05, 3.63) is 97.6 Å². The molecule has 0 atom stereocenters. The molecule has 0 bridgehead atoms. The molecule has 36 heavy (non-hydrogen) atoms. The van der Waals surface area contributed by atoms with Crippen LogP contribution in [-0.2, 0) is 11.2 Å². The van der Waals surface area contributed by atoms with Gasteiger partial charge in [-0.2, -0.15) is 5.26 Å². The number of hydrogen-bond donors (Lipinski definition) is 1. The first-order chi connectivity index (χ1) is 17.2. The lowest BCUT2D eigenvalue weighted by atomic mass is 10.1. The Balaban J connectivity index is 1.86. The first kappa shape index (κ1) is 25.4. The molecule has 0 spiro atoms. The number of nitrogens with one attached hydrogen (secondary N) is 1. The summed E-state index contributed by atoms with van der Waals surface area (Å²) in [6, 6.07) is 16.6. The normalized spacial score (nSPS) is 10.8. The van der Waals surface area contributed by atoms with E-state index < -0.39 is 27.1 Å². The molecule has 0 saturated heterocycles. The fraction of sp³-hybridized carbons (Fsp3) is 0.120. The van der Waals surface area contributed by atoms with Crippen molar-refractivity contribution in [3.8, 4) is 23.3 Å². The van der Waals surface area contributed by atoms with Crippen molar-refractivity contribution in [1.82, 2.24) is 0 Å². The van der Waals surface area contributed by atoms with Gasteiger partial charge in [-0.3, -0.25) is 25.0 Å². The fourth-order valence-electron chi connectivity index (χ4n) is 3.16. The van der Waals surface area contributed by atoms with Crippen LogP contribution in [0, 0.1) is 31.6 Å². The number of anilines is 1. The van der Waals surface area contributed by atoms with Gasteiger partial charge in [0.05, 0.1) is 23.0 Å². The zero-order valence-corrected chi connectivity index (χ0v) is 19.3. The number of benzene rings is 3. The molecule has 1 amide bonds.